The first-order valence-corrected chi connectivity index (χ1v) is 25.6. The first-order valence-electron chi connectivity index (χ1n) is 25.6. The van der Waals surface area contributed by atoms with Crippen LogP contribution in [-0.2, 0) is 43.2 Å². The van der Waals surface area contributed by atoms with Crippen molar-refractivity contribution >= 4 is 53.0 Å². The molecule has 0 aliphatic carbocycles. The summed E-state index contributed by atoms with van der Waals surface area (Å²) in [5, 5.41) is 41.9. The zero-order valence-electron chi connectivity index (χ0n) is 43.5. The van der Waals surface area contributed by atoms with Gasteiger partial charge in [0, 0.05) is 18.9 Å². The molecule has 70 heavy (non-hydrogen) atoms. The predicted molar refractivity (Wildman–Crippen MR) is 266 cm³/mol. The second kappa shape index (κ2) is 33.8. The summed E-state index contributed by atoms with van der Waals surface area (Å²) in [7, 11) is 0. The number of unbranched alkanes of at least 4 members (excludes halogenated alkanes) is 1. The normalized spacial score (nSPS) is 24.0. The third kappa shape index (κ3) is 24.9. The number of aliphatic hydroxyl groups is 2. The van der Waals surface area contributed by atoms with Crippen LogP contribution in [0, 0.1) is 29.6 Å². The molecule has 1 rings (SSSR count). The maximum atomic E-state index is 14.2. The Morgan fingerprint density at radius 3 is 1.63 bits per heavy atom. The van der Waals surface area contributed by atoms with Crippen molar-refractivity contribution in [1.29, 1.82) is 0 Å². The van der Waals surface area contributed by atoms with E-state index in [1.165, 1.54) is 0 Å². The highest BCUT2D eigenvalue weighted by molar-refractivity contribution is 5.98. The van der Waals surface area contributed by atoms with Gasteiger partial charge in [0.1, 0.15) is 36.3 Å². The van der Waals surface area contributed by atoms with Crippen molar-refractivity contribution in [2.75, 3.05) is 26.2 Å². The summed E-state index contributed by atoms with van der Waals surface area (Å²) in [6, 6.07) is -8.89. The summed E-state index contributed by atoms with van der Waals surface area (Å²) in [4.78, 5) is 125. The lowest BCUT2D eigenvalue weighted by Crippen LogP contribution is -2.59. The third-order valence-electron chi connectivity index (χ3n) is 11.9. The molecular weight excluding hydrogens is 905 g/mol. The Hall–Kier alpha value is -4.73. The minimum atomic E-state index is -1.55. The molecule has 14 N–H and O–H groups in total. The molecule has 0 saturated carbocycles. The number of hydrogen-bond acceptors (Lipinski definition) is 13. The maximum Gasteiger partial charge on any atom is 0.245 e. The predicted octanol–water partition coefficient (Wildman–Crippen LogP) is 0.0710. The molecule has 0 bridgehead atoms. The highest BCUT2D eigenvalue weighted by atomic mass is 16.3. The van der Waals surface area contributed by atoms with Gasteiger partial charge in [0.15, 0.2) is 5.78 Å². The minimum Gasteiger partial charge on any atom is -0.394 e. The van der Waals surface area contributed by atoms with Gasteiger partial charge < -0.3 is 64.2 Å². The van der Waals surface area contributed by atoms with E-state index >= 15 is 0 Å². The second-order valence-corrected chi connectivity index (χ2v) is 20.5. The second-order valence-electron chi connectivity index (χ2n) is 20.5. The molecule has 9 atom stereocenters. The SMILES string of the molecule is CCC[C@@H]1NC(=O)[C@H](CCN)NC(=O)[C@H](CC(C)C)CC(=O)[C@@H](CC(C)C)NC(=O)[C@H](CCN)NC(=O)[C@@H](NC(=O)[C@@H](CO)NC(=O)C[C@H](O)CCCCC(C)C)CCNC(=O)[C@H](CC(C)C)NC1=O. The molecule has 1 aliphatic heterocycles. The van der Waals surface area contributed by atoms with Crippen molar-refractivity contribution in [3.8, 4) is 0 Å². The summed E-state index contributed by atoms with van der Waals surface area (Å²) < 4.78 is 0. The van der Waals surface area contributed by atoms with Crippen molar-refractivity contribution in [3.05, 3.63) is 0 Å². The van der Waals surface area contributed by atoms with E-state index in [4.69, 9.17) is 11.5 Å². The molecule has 0 spiro atoms. The number of rotatable bonds is 23. The Morgan fingerprint density at radius 1 is 0.629 bits per heavy atom. The fourth-order valence-electron chi connectivity index (χ4n) is 8.19. The van der Waals surface area contributed by atoms with Gasteiger partial charge in [-0.15, -0.1) is 0 Å². The van der Waals surface area contributed by atoms with Crippen LogP contribution in [0.2, 0.25) is 0 Å². The first kappa shape index (κ1) is 63.3. The van der Waals surface area contributed by atoms with Crippen LogP contribution in [0.3, 0.4) is 0 Å². The van der Waals surface area contributed by atoms with Crippen LogP contribution in [-0.4, -0.2) is 138 Å². The van der Waals surface area contributed by atoms with Crippen molar-refractivity contribution in [2.24, 2.45) is 41.1 Å². The lowest BCUT2D eigenvalue weighted by molar-refractivity contribution is -0.136. The average Bonchev–Trinajstić information content (AvgIpc) is 3.26. The summed E-state index contributed by atoms with van der Waals surface area (Å²) in [5.74, 6) is -7.11. The highest BCUT2D eigenvalue weighted by Gasteiger charge is 2.36. The number of nitrogens with one attached hydrogen (secondary N) is 8. The van der Waals surface area contributed by atoms with E-state index in [1.54, 1.807) is 0 Å². The van der Waals surface area contributed by atoms with Crippen LogP contribution in [0.5, 0.6) is 0 Å². The summed E-state index contributed by atoms with van der Waals surface area (Å²) in [6.45, 7) is 15.9. The maximum absolute atomic E-state index is 14.2. The number of amides is 8. The Morgan fingerprint density at radius 2 is 1.11 bits per heavy atom. The van der Waals surface area contributed by atoms with Crippen molar-refractivity contribution in [2.45, 2.75) is 201 Å². The molecule has 1 aliphatic rings. The van der Waals surface area contributed by atoms with Crippen molar-refractivity contribution < 1.29 is 53.4 Å². The number of carbonyl (C=O) groups is 9. The fourth-order valence-corrected chi connectivity index (χ4v) is 8.19. The van der Waals surface area contributed by atoms with Crippen LogP contribution < -0.4 is 54.0 Å². The zero-order chi connectivity index (χ0) is 53.1. The van der Waals surface area contributed by atoms with E-state index in [0.717, 1.165) is 12.8 Å². The number of Topliss-reactive ketones (excluding diaryl/α,β-unsaturated/α-hetero) is 1. The molecule has 8 amide bonds. The molecule has 0 aromatic heterocycles. The molecule has 21 heteroatoms. The van der Waals surface area contributed by atoms with Crippen LogP contribution in [0.15, 0.2) is 0 Å². The molecule has 402 valence electrons. The molecular formula is C49H90N10O11. The van der Waals surface area contributed by atoms with Crippen LogP contribution in [0.25, 0.3) is 0 Å². The Kier molecular flexibility index (Phi) is 30.5. The van der Waals surface area contributed by atoms with Gasteiger partial charge in [0.2, 0.25) is 47.3 Å². The summed E-state index contributed by atoms with van der Waals surface area (Å²) in [6.07, 6.45) is 2.10. The van der Waals surface area contributed by atoms with Gasteiger partial charge in [-0.05, 0) is 88.1 Å². The van der Waals surface area contributed by atoms with Gasteiger partial charge in [0.05, 0.1) is 25.2 Å². The monoisotopic (exact) mass is 995 g/mol. The average molecular weight is 995 g/mol. The van der Waals surface area contributed by atoms with E-state index < -0.39 is 114 Å². The fraction of sp³-hybridized carbons (Fsp3) is 0.816. The van der Waals surface area contributed by atoms with Gasteiger partial charge in [-0.3, -0.25) is 43.2 Å². The molecule has 21 nitrogen and oxygen atoms in total. The molecule has 1 saturated heterocycles. The minimum absolute atomic E-state index is 0.00338. The van der Waals surface area contributed by atoms with E-state index in [0.29, 0.717) is 25.2 Å². The number of nitrogens with two attached hydrogens (primary N) is 2. The first-order chi connectivity index (χ1) is 33.0. The van der Waals surface area contributed by atoms with Crippen molar-refractivity contribution in [1.82, 2.24) is 42.5 Å². The van der Waals surface area contributed by atoms with Gasteiger partial charge in [-0.1, -0.05) is 88.0 Å². The van der Waals surface area contributed by atoms with Crippen LogP contribution >= 0.6 is 0 Å². The van der Waals surface area contributed by atoms with Crippen molar-refractivity contribution in [3.63, 3.8) is 0 Å². The number of aliphatic hydroxyl groups excluding tert-OH is 2. The summed E-state index contributed by atoms with van der Waals surface area (Å²) >= 11 is 0. The lowest BCUT2D eigenvalue weighted by atomic mass is 9.87. The Bertz CT molecular complexity index is 1680. The topological polar surface area (TPSA) is 342 Å². The smallest absolute Gasteiger partial charge is 0.245 e. The molecule has 0 radical (unpaired) electrons. The molecule has 0 unspecified atom stereocenters. The van der Waals surface area contributed by atoms with Crippen LogP contribution in [0.4, 0.5) is 0 Å². The molecule has 0 aromatic carbocycles. The largest absolute Gasteiger partial charge is 0.394 e. The van der Waals surface area contributed by atoms with E-state index in [2.05, 4.69) is 56.4 Å². The molecule has 0 aromatic rings. The van der Waals surface area contributed by atoms with Gasteiger partial charge >= 0.3 is 0 Å². The van der Waals surface area contributed by atoms with Gasteiger partial charge in [-0.25, -0.2) is 0 Å². The molecule has 1 fully saturated rings. The standard InChI is InChI=1S/C49H90N10O11/c1-10-13-34-45(66)59-39(24-31(8)9)44(65)52-21-18-37(57-49(70)40(27-60)53-42(63)26-33(61)15-12-11-14-28(2)3)48(69)56-36(17-20-51)47(68)58-38(23-30(6)7)41(62)25-32(22-29(4)5)43(64)54-35(16-19-50)46(67)55-34/h28-40,60-61H,10-27,50-51H2,1-9H3,(H,52,65)(H,53,63)(H,54,64)(H,55,67)(H,56,69)(H,57,70)(H,58,68)(H,59,66)/t32-,33-,34+,35+,36+,37+,38-,39+,40-/m1/s1. The number of ketones is 1. The summed E-state index contributed by atoms with van der Waals surface area (Å²) in [5.41, 5.74) is 11.8. The van der Waals surface area contributed by atoms with Gasteiger partial charge in [0.25, 0.3) is 0 Å². The highest BCUT2D eigenvalue weighted by Crippen LogP contribution is 2.20. The number of carbonyl (C=O) groups excluding carboxylic acids is 9. The number of hydrogen-bond donors (Lipinski definition) is 12. The lowest BCUT2D eigenvalue weighted by Gasteiger charge is -2.28. The third-order valence-corrected chi connectivity index (χ3v) is 11.9. The molecule has 1 heterocycles. The van der Waals surface area contributed by atoms with E-state index in [9.17, 15) is 53.4 Å². The van der Waals surface area contributed by atoms with Gasteiger partial charge in [-0.2, -0.15) is 0 Å². The van der Waals surface area contributed by atoms with Crippen LogP contribution in [0.1, 0.15) is 152 Å². The quantitative estimate of drug-likeness (QED) is 0.0604. The van der Waals surface area contributed by atoms with E-state index in [1.807, 2.05) is 48.5 Å². The van der Waals surface area contributed by atoms with E-state index in [-0.39, 0.29) is 95.2 Å². The Balaban J connectivity index is 3.77. The Labute approximate surface area is 415 Å². The zero-order valence-corrected chi connectivity index (χ0v) is 43.5.